The maximum atomic E-state index is 11.0. The van der Waals surface area contributed by atoms with Crippen molar-refractivity contribution in [1.82, 2.24) is 29.5 Å². The van der Waals surface area contributed by atoms with Crippen LogP contribution < -0.4 is 0 Å². The largest absolute Gasteiger partial charge is 0.492 e. The molecule has 0 aliphatic rings. The first kappa shape index (κ1) is 18.6. The van der Waals surface area contributed by atoms with E-state index in [-0.39, 0.29) is 22.8 Å². The highest BCUT2D eigenvalue weighted by atomic mass is 16.4. The Hall–Kier alpha value is -3.75. The molecule has 3 heterocycles. The number of carboxylic acids is 1. The molecule has 0 saturated heterocycles. The number of aryl methyl sites for hydroxylation is 1. The summed E-state index contributed by atoms with van der Waals surface area (Å²) in [5.74, 6) is -1.28. The number of aromatic carboxylic acids is 1. The van der Waals surface area contributed by atoms with Crippen LogP contribution in [0.15, 0.2) is 42.9 Å². The van der Waals surface area contributed by atoms with Gasteiger partial charge >= 0.3 is 5.97 Å². The van der Waals surface area contributed by atoms with Crippen LogP contribution in [0.1, 0.15) is 35.3 Å². The molecule has 0 saturated carbocycles. The molecule has 0 amide bonds. The average molecular weight is 392 g/mol. The number of fused-ring (bicyclic) bond motifs is 1. The molecule has 0 unspecified atom stereocenters. The number of carbonyl (C=O) groups is 1. The quantitative estimate of drug-likeness (QED) is 0.536. The fourth-order valence-electron chi connectivity index (χ4n) is 3.20. The minimum Gasteiger partial charge on any atom is -0.492 e. The van der Waals surface area contributed by atoms with Gasteiger partial charge in [0.05, 0.1) is 24.5 Å². The zero-order chi connectivity index (χ0) is 20.8. The molecule has 9 nitrogen and oxygen atoms in total. The summed E-state index contributed by atoms with van der Waals surface area (Å²) in [4.78, 5) is 19.5. The summed E-state index contributed by atoms with van der Waals surface area (Å²) in [6.45, 7) is 6.77. The Labute approximate surface area is 166 Å². The molecule has 2 N–H and O–H groups in total. The van der Waals surface area contributed by atoms with E-state index in [1.54, 1.807) is 10.9 Å². The van der Waals surface area contributed by atoms with Crippen molar-refractivity contribution in [2.24, 2.45) is 0 Å². The van der Waals surface area contributed by atoms with Crippen molar-refractivity contribution in [3.8, 4) is 11.8 Å². The van der Waals surface area contributed by atoms with E-state index in [0.29, 0.717) is 17.6 Å². The number of aromatic nitrogens is 6. The van der Waals surface area contributed by atoms with E-state index in [1.165, 1.54) is 22.6 Å². The van der Waals surface area contributed by atoms with Crippen molar-refractivity contribution >= 4 is 17.0 Å². The number of hydrogen-bond donors (Lipinski definition) is 2. The molecule has 148 valence electrons. The molecule has 9 heteroatoms. The molecule has 4 aromatic rings. The Bertz CT molecular complexity index is 1210. The standard InChI is InChI=1S/C20H20N6O3/c1-12-4-6-14(7-5-12)20(2,3)11-26-16-15(9-22-26)23-19(24-17(16)27)25-10-13(8-21-25)18(28)29/h4-10H,11H2,1-3H3,(H,28,29)(H,23,24,27). The number of aromatic hydroxyl groups is 1. The number of carboxylic acid groups (broad SMARTS) is 1. The lowest BCUT2D eigenvalue weighted by Gasteiger charge is -2.25. The van der Waals surface area contributed by atoms with Gasteiger partial charge in [-0.1, -0.05) is 43.7 Å². The lowest BCUT2D eigenvalue weighted by atomic mass is 9.84. The van der Waals surface area contributed by atoms with Crippen LogP contribution in [0.5, 0.6) is 5.88 Å². The Balaban J connectivity index is 1.70. The SMILES string of the molecule is Cc1ccc(C(C)(C)Cn2ncc3nc(-n4cc(C(=O)O)cn4)nc(O)c32)cc1. The van der Waals surface area contributed by atoms with Crippen molar-refractivity contribution in [2.45, 2.75) is 32.7 Å². The maximum Gasteiger partial charge on any atom is 0.338 e. The van der Waals surface area contributed by atoms with E-state index < -0.39 is 5.97 Å². The van der Waals surface area contributed by atoms with Crippen LogP contribution in [0.3, 0.4) is 0 Å². The van der Waals surface area contributed by atoms with Gasteiger partial charge in [-0.2, -0.15) is 15.2 Å². The van der Waals surface area contributed by atoms with Crippen LogP contribution in [0.4, 0.5) is 0 Å². The normalized spacial score (nSPS) is 11.8. The molecule has 4 rings (SSSR count). The Morgan fingerprint density at radius 2 is 1.83 bits per heavy atom. The van der Waals surface area contributed by atoms with E-state index in [9.17, 15) is 9.90 Å². The smallest absolute Gasteiger partial charge is 0.338 e. The van der Waals surface area contributed by atoms with Crippen LogP contribution in [0.25, 0.3) is 17.0 Å². The van der Waals surface area contributed by atoms with E-state index in [4.69, 9.17) is 5.11 Å². The van der Waals surface area contributed by atoms with E-state index in [0.717, 1.165) is 5.56 Å². The second-order valence-corrected chi connectivity index (χ2v) is 7.61. The highest BCUT2D eigenvalue weighted by Gasteiger charge is 2.24. The fourth-order valence-corrected chi connectivity index (χ4v) is 3.20. The van der Waals surface area contributed by atoms with E-state index in [2.05, 4.69) is 58.3 Å². The molecule has 0 aliphatic heterocycles. The summed E-state index contributed by atoms with van der Waals surface area (Å²) in [5, 5.41) is 27.9. The van der Waals surface area contributed by atoms with Crippen molar-refractivity contribution in [3.05, 3.63) is 59.5 Å². The third-order valence-corrected chi connectivity index (χ3v) is 4.87. The second kappa shape index (κ2) is 6.69. The van der Waals surface area contributed by atoms with Gasteiger partial charge in [0.15, 0.2) is 0 Å². The Morgan fingerprint density at radius 3 is 2.48 bits per heavy atom. The Morgan fingerprint density at radius 1 is 1.10 bits per heavy atom. The summed E-state index contributed by atoms with van der Waals surface area (Å²) in [6, 6.07) is 8.32. The molecule has 0 spiro atoms. The third-order valence-electron chi connectivity index (χ3n) is 4.87. The van der Waals surface area contributed by atoms with E-state index in [1.807, 2.05) is 6.92 Å². The summed E-state index contributed by atoms with van der Waals surface area (Å²) in [5.41, 5.74) is 2.97. The molecule has 3 aromatic heterocycles. The minimum atomic E-state index is -1.10. The van der Waals surface area contributed by atoms with Crippen LogP contribution >= 0.6 is 0 Å². The summed E-state index contributed by atoms with van der Waals surface area (Å²) < 4.78 is 2.89. The van der Waals surface area contributed by atoms with Crippen molar-refractivity contribution < 1.29 is 15.0 Å². The van der Waals surface area contributed by atoms with Gasteiger partial charge in [0.1, 0.15) is 11.0 Å². The molecule has 0 fully saturated rings. The average Bonchev–Trinajstić information content (AvgIpc) is 3.29. The molecule has 0 atom stereocenters. The van der Waals surface area contributed by atoms with Gasteiger partial charge in [-0.05, 0) is 12.5 Å². The predicted molar refractivity (Wildman–Crippen MR) is 105 cm³/mol. The summed E-state index contributed by atoms with van der Waals surface area (Å²) >= 11 is 0. The summed E-state index contributed by atoms with van der Waals surface area (Å²) in [7, 11) is 0. The highest BCUT2D eigenvalue weighted by Crippen LogP contribution is 2.29. The van der Waals surface area contributed by atoms with Crippen molar-refractivity contribution in [2.75, 3.05) is 0 Å². The van der Waals surface area contributed by atoms with Crippen LogP contribution in [0, 0.1) is 6.92 Å². The second-order valence-electron chi connectivity index (χ2n) is 7.61. The monoisotopic (exact) mass is 392 g/mol. The van der Waals surface area contributed by atoms with Gasteiger partial charge in [-0.3, -0.25) is 4.68 Å². The lowest BCUT2D eigenvalue weighted by Crippen LogP contribution is -2.25. The van der Waals surface area contributed by atoms with Gasteiger partial charge in [0, 0.05) is 11.6 Å². The van der Waals surface area contributed by atoms with Crippen LogP contribution in [0.2, 0.25) is 0 Å². The fraction of sp³-hybridized carbons (Fsp3) is 0.250. The number of hydrogen-bond acceptors (Lipinski definition) is 6. The van der Waals surface area contributed by atoms with E-state index >= 15 is 0 Å². The van der Waals surface area contributed by atoms with Crippen molar-refractivity contribution in [3.63, 3.8) is 0 Å². The molecule has 0 aliphatic carbocycles. The zero-order valence-electron chi connectivity index (χ0n) is 16.2. The minimum absolute atomic E-state index is 0.00345. The molecule has 0 radical (unpaired) electrons. The van der Waals surface area contributed by atoms with Crippen LogP contribution in [-0.2, 0) is 12.0 Å². The predicted octanol–water partition coefficient (Wildman–Crippen LogP) is 2.70. The van der Waals surface area contributed by atoms with Crippen LogP contribution in [-0.4, -0.2) is 45.7 Å². The zero-order valence-corrected chi connectivity index (χ0v) is 16.2. The van der Waals surface area contributed by atoms with Gasteiger partial charge in [0.2, 0.25) is 5.88 Å². The number of benzene rings is 1. The molecular formula is C20H20N6O3. The van der Waals surface area contributed by atoms with Crippen molar-refractivity contribution in [1.29, 1.82) is 0 Å². The summed E-state index contributed by atoms with van der Waals surface area (Å²) in [6.07, 6.45) is 4.03. The molecule has 1 aromatic carbocycles. The first-order valence-electron chi connectivity index (χ1n) is 9.02. The first-order valence-corrected chi connectivity index (χ1v) is 9.02. The highest BCUT2D eigenvalue weighted by molar-refractivity contribution is 5.87. The van der Waals surface area contributed by atoms with Gasteiger partial charge in [0.25, 0.3) is 5.95 Å². The first-order chi connectivity index (χ1) is 13.7. The molecule has 0 bridgehead atoms. The molecule has 29 heavy (non-hydrogen) atoms. The lowest BCUT2D eigenvalue weighted by molar-refractivity contribution is 0.0697. The number of nitrogens with zero attached hydrogens (tertiary/aromatic N) is 6. The topological polar surface area (TPSA) is 119 Å². The molecular weight excluding hydrogens is 372 g/mol. The Kier molecular flexibility index (Phi) is 4.30. The maximum absolute atomic E-state index is 11.0. The van der Waals surface area contributed by atoms with Gasteiger partial charge < -0.3 is 10.2 Å². The number of rotatable bonds is 5. The third kappa shape index (κ3) is 3.42. The van der Waals surface area contributed by atoms with Gasteiger partial charge in [-0.25, -0.2) is 14.5 Å². The van der Waals surface area contributed by atoms with Gasteiger partial charge in [-0.15, -0.1) is 0 Å².